The summed E-state index contributed by atoms with van der Waals surface area (Å²) in [5, 5.41) is 9.54. The van der Waals surface area contributed by atoms with E-state index in [1.54, 1.807) is 0 Å². The SMILES string of the molecule is C=C(CC)CC1=CC(O)CCCC1. The molecule has 0 spiro atoms. The average Bonchev–Trinajstić information content (AvgIpc) is 2.30. The maximum atomic E-state index is 9.54. The summed E-state index contributed by atoms with van der Waals surface area (Å²) in [6.45, 7) is 6.14. The summed E-state index contributed by atoms with van der Waals surface area (Å²) in [5.74, 6) is 0. The second-order valence-electron chi connectivity index (χ2n) is 3.92. The smallest absolute Gasteiger partial charge is 0.0723 e. The van der Waals surface area contributed by atoms with Gasteiger partial charge in [-0.05, 0) is 32.1 Å². The Morgan fingerprint density at radius 2 is 2.38 bits per heavy atom. The Hall–Kier alpha value is -0.560. The van der Waals surface area contributed by atoms with Gasteiger partial charge in [0.25, 0.3) is 0 Å². The average molecular weight is 180 g/mol. The van der Waals surface area contributed by atoms with Crippen LogP contribution in [-0.4, -0.2) is 11.2 Å². The van der Waals surface area contributed by atoms with Crippen molar-refractivity contribution >= 4 is 0 Å². The van der Waals surface area contributed by atoms with Gasteiger partial charge in [0.2, 0.25) is 0 Å². The number of hydrogen-bond acceptors (Lipinski definition) is 1. The number of aliphatic hydroxyl groups excluding tert-OH is 1. The Morgan fingerprint density at radius 1 is 1.62 bits per heavy atom. The van der Waals surface area contributed by atoms with Crippen molar-refractivity contribution < 1.29 is 5.11 Å². The molecule has 0 saturated carbocycles. The molecule has 0 fully saturated rings. The molecular weight excluding hydrogens is 160 g/mol. The topological polar surface area (TPSA) is 20.2 Å². The highest BCUT2D eigenvalue weighted by atomic mass is 16.3. The van der Waals surface area contributed by atoms with Gasteiger partial charge < -0.3 is 5.11 Å². The fourth-order valence-corrected chi connectivity index (χ4v) is 1.74. The minimum atomic E-state index is -0.206. The lowest BCUT2D eigenvalue weighted by atomic mass is 10.0. The fraction of sp³-hybridized carbons (Fsp3) is 0.667. The second kappa shape index (κ2) is 5.23. The molecule has 0 aromatic heterocycles. The quantitative estimate of drug-likeness (QED) is 0.661. The van der Waals surface area contributed by atoms with Crippen LogP contribution in [-0.2, 0) is 0 Å². The van der Waals surface area contributed by atoms with E-state index in [1.165, 1.54) is 17.6 Å². The van der Waals surface area contributed by atoms with E-state index in [1.807, 2.05) is 6.08 Å². The van der Waals surface area contributed by atoms with Crippen LogP contribution in [0.2, 0.25) is 0 Å². The summed E-state index contributed by atoms with van der Waals surface area (Å²) >= 11 is 0. The Morgan fingerprint density at radius 3 is 3.08 bits per heavy atom. The molecule has 0 heterocycles. The maximum Gasteiger partial charge on any atom is 0.0723 e. The van der Waals surface area contributed by atoms with Gasteiger partial charge in [-0.25, -0.2) is 0 Å². The van der Waals surface area contributed by atoms with Crippen LogP contribution in [0.25, 0.3) is 0 Å². The molecule has 74 valence electrons. The van der Waals surface area contributed by atoms with Crippen LogP contribution in [0.3, 0.4) is 0 Å². The van der Waals surface area contributed by atoms with Gasteiger partial charge in [-0.3, -0.25) is 0 Å². The zero-order valence-electron chi connectivity index (χ0n) is 8.55. The lowest BCUT2D eigenvalue weighted by molar-refractivity contribution is 0.211. The molecule has 0 radical (unpaired) electrons. The van der Waals surface area contributed by atoms with E-state index in [4.69, 9.17) is 0 Å². The summed E-state index contributed by atoms with van der Waals surface area (Å²) in [6.07, 6.45) is 8.33. The van der Waals surface area contributed by atoms with Gasteiger partial charge >= 0.3 is 0 Å². The van der Waals surface area contributed by atoms with Crippen molar-refractivity contribution in [1.29, 1.82) is 0 Å². The molecule has 1 N–H and O–H groups in total. The second-order valence-corrected chi connectivity index (χ2v) is 3.92. The summed E-state index contributed by atoms with van der Waals surface area (Å²) < 4.78 is 0. The molecule has 1 aliphatic carbocycles. The summed E-state index contributed by atoms with van der Waals surface area (Å²) in [4.78, 5) is 0. The first-order valence-corrected chi connectivity index (χ1v) is 5.26. The lowest BCUT2D eigenvalue weighted by Gasteiger charge is -2.07. The third-order valence-electron chi connectivity index (χ3n) is 2.65. The fourth-order valence-electron chi connectivity index (χ4n) is 1.74. The molecule has 0 aromatic rings. The van der Waals surface area contributed by atoms with Crippen molar-refractivity contribution in [3.63, 3.8) is 0 Å². The Kier molecular flexibility index (Phi) is 4.23. The van der Waals surface area contributed by atoms with Crippen LogP contribution >= 0.6 is 0 Å². The number of hydrogen-bond donors (Lipinski definition) is 1. The molecule has 1 unspecified atom stereocenters. The highest BCUT2D eigenvalue weighted by molar-refractivity contribution is 5.15. The Balaban J connectivity index is 2.50. The molecule has 0 aromatic carbocycles. The summed E-state index contributed by atoms with van der Waals surface area (Å²) in [5.41, 5.74) is 2.66. The molecule has 1 aliphatic rings. The number of rotatable bonds is 3. The highest BCUT2D eigenvalue weighted by Gasteiger charge is 2.09. The van der Waals surface area contributed by atoms with Gasteiger partial charge in [-0.1, -0.05) is 37.1 Å². The third-order valence-corrected chi connectivity index (χ3v) is 2.65. The third kappa shape index (κ3) is 3.77. The van der Waals surface area contributed by atoms with Gasteiger partial charge in [0.1, 0.15) is 0 Å². The van der Waals surface area contributed by atoms with Gasteiger partial charge in [-0.15, -0.1) is 0 Å². The van der Waals surface area contributed by atoms with Crippen molar-refractivity contribution in [1.82, 2.24) is 0 Å². The first-order chi connectivity index (χ1) is 6.22. The minimum absolute atomic E-state index is 0.206. The molecular formula is C12H20O. The zero-order chi connectivity index (χ0) is 9.68. The maximum absolute atomic E-state index is 9.54. The summed E-state index contributed by atoms with van der Waals surface area (Å²) in [7, 11) is 0. The normalized spacial score (nSPS) is 23.5. The van der Waals surface area contributed by atoms with Crippen molar-refractivity contribution in [2.45, 2.75) is 51.6 Å². The minimum Gasteiger partial charge on any atom is -0.389 e. The zero-order valence-corrected chi connectivity index (χ0v) is 8.55. The van der Waals surface area contributed by atoms with Crippen molar-refractivity contribution in [2.24, 2.45) is 0 Å². The number of allylic oxidation sites excluding steroid dienone is 2. The van der Waals surface area contributed by atoms with Crippen LogP contribution in [0.4, 0.5) is 0 Å². The standard InChI is InChI=1S/C12H20O/c1-3-10(2)8-11-6-4-5-7-12(13)9-11/h9,12-13H,2-8H2,1H3. The predicted octanol–water partition coefficient (Wildman–Crippen LogP) is 3.20. The molecule has 1 rings (SSSR count). The van der Waals surface area contributed by atoms with E-state index < -0.39 is 0 Å². The molecule has 0 aliphatic heterocycles. The van der Waals surface area contributed by atoms with Gasteiger partial charge in [0.15, 0.2) is 0 Å². The van der Waals surface area contributed by atoms with Gasteiger partial charge in [-0.2, -0.15) is 0 Å². The van der Waals surface area contributed by atoms with E-state index in [0.29, 0.717) is 0 Å². The molecule has 0 amide bonds. The van der Waals surface area contributed by atoms with Crippen molar-refractivity contribution in [3.05, 3.63) is 23.8 Å². The van der Waals surface area contributed by atoms with Crippen LogP contribution < -0.4 is 0 Å². The van der Waals surface area contributed by atoms with Crippen LogP contribution in [0.5, 0.6) is 0 Å². The highest BCUT2D eigenvalue weighted by Crippen LogP contribution is 2.23. The molecule has 1 atom stereocenters. The van der Waals surface area contributed by atoms with Crippen molar-refractivity contribution in [3.8, 4) is 0 Å². The Bertz CT molecular complexity index is 203. The van der Waals surface area contributed by atoms with E-state index in [9.17, 15) is 5.11 Å². The first-order valence-electron chi connectivity index (χ1n) is 5.26. The summed E-state index contributed by atoms with van der Waals surface area (Å²) in [6, 6.07) is 0. The van der Waals surface area contributed by atoms with Crippen LogP contribution in [0.15, 0.2) is 23.8 Å². The largest absolute Gasteiger partial charge is 0.389 e. The van der Waals surface area contributed by atoms with E-state index in [2.05, 4.69) is 13.5 Å². The van der Waals surface area contributed by atoms with Gasteiger partial charge in [0, 0.05) is 0 Å². The monoisotopic (exact) mass is 180 g/mol. The van der Waals surface area contributed by atoms with Gasteiger partial charge in [0.05, 0.1) is 6.10 Å². The molecule has 1 heteroatoms. The number of aliphatic hydroxyl groups is 1. The van der Waals surface area contributed by atoms with Crippen molar-refractivity contribution in [2.75, 3.05) is 0 Å². The van der Waals surface area contributed by atoms with Crippen LogP contribution in [0, 0.1) is 0 Å². The van der Waals surface area contributed by atoms with E-state index in [0.717, 1.165) is 32.1 Å². The lowest BCUT2D eigenvalue weighted by Crippen LogP contribution is -2.00. The Labute approximate surface area is 81.2 Å². The predicted molar refractivity (Wildman–Crippen MR) is 56.6 cm³/mol. The molecule has 1 nitrogen and oxygen atoms in total. The van der Waals surface area contributed by atoms with E-state index in [-0.39, 0.29) is 6.10 Å². The molecule has 13 heavy (non-hydrogen) atoms. The van der Waals surface area contributed by atoms with E-state index >= 15 is 0 Å². The first kappa shape index (κ1) is 10.5. The molecule has 0 saturated heterocycles. The molecule has 0 bridgehead atoms. The van der Waals surface area contributed by atoms with Crippen LogP contribution in [0.1, 0.15) is 45.4 Å².